The van der Waals surface area contributed by atoms with Crippen LogP contribution in [0.1, 0.15) is 16.7 Å². The van der Waals surface area contributed by atoms with Gasteiger partial charge in [0.1, 0.15) is 0 Å². The normalized spacial score (nSPS) is 10.8. The average molecular weight is 278 g/mol. The number of nitrogens with zero attached hydrogens (tertiary/aromatic N) is 2. The van der Waals surface area contributed by atoms with Crippen LogP contribution in [0.3, 0.4) is 0 Å². The van der Waals surface area contributed by atoms with Gasteiger partial charge in [0.25, 0.3) is 0 Å². The van der Waals surface area contributed by atoms with Gasteiger partial charge in [0.05, 0.1) is 18.0 Å². The Morgan fingerprint density at radius 3 is 2.48 bits per heavy atom. The first-order valence-electron chi connectivity index (χ1n) is 7.01. The molecule has 106 valence electrons. The number of aryl methyl sites for hydroxylation is 2. The monoisotopic (exact) mass is 278 g/mol. The van der Waals surface area contributed by atoms with Crippen LogP contribution in [0, 0.1) is 13.8 Å². The predicted molar refractivity (Wildman–Crippen MR) is 84.4 cm³/mol. The van der Waals surface area contributed by atoms with E-state index in [2.05, 4.69) is 37.1 Å². The van der Waals surface area contributed by atoms with Gasteiger partial charge in [0.2, 0.25) is 0 Å². The molecule has 0 amide bonds. The molecule has 0 spiro atoms. The van der Waals surface area contributed by atoms with Gasteiger partial charge < -0.3 is 5.11 Å². The van der Waals surface area contributed by atoms with Gasteiger partial charge in [-0.25, -0.2) is 4.68 Å². The maximum atomic E-state index is 9.63. The van der Waals surface area contributed by atoms with Crippen LogP contribution in [0.5, 0.6) is 0 Å². The smallest absolute Gasteiger partial charge is 0.0985 e. The number of para-hydroxylation sites is 1. The SMILES string of the molecule is Cc1ccc(-c2nn(-c3ccccc3)cc2CO)c(C)c1. The fraction of sp³-hybridized carbons (Fsp3) is 0.167. The molecule has 0 saturated carbocycles. The summed E-state index contributed by atoms with van der Waals surface area (Å²) in [5.41, 5.74) is 6.14. The van der Waals surface area contributed by atoms with Gasteiger partial charge in [0.15, 0.2) is 0 Å². The summed E-state index contributed by atoms with van der Waals surface area (Å²) in [5.74, 6) is 0. The lowest BCUT2D eigenvalue weighted by Gasteiger charge is -2.05. The number of hydrogen-bond acceptors (Lipinski definition) is 2. The highest BCUT2D eigenvalue weighted by Gasteiger charge is 2.13. The van der Waals surface area contributed by atoms with E-state index in [4.69, 9.17) is 0 Å². The molecule has 0 unspecified atom stereocenters. The molecule has 0 aliphatic heterocycles. The van der Waals surface area contributed by atoms with Gasteiger partial charge in [-0.2, -0.15) is 5.10 Å². The number of benzene rings is 2. The van der Waals surface area contributed by atoms with Crippen LogP contribution in [-0.2, 0) is 6.61 Å². The van der Waals surface area contributed by atoms with Crippen LogP contribution in [0.4, 0.5) is 0 Å². The number of aromatic nitrogens is 2. The summed E-state index contributed by atoms with van der Waals surface area (Å²) in [4.78, 5) is 0. The second kappa shape index (κ2) is 5.54. The quantitative estimate of drug-likeness (QED) is 0.794. The minimum Gasteiger partial charge on any atom is -0.392 e. The summed E-state index contributed by atoms with van der Waals surface area (Å²) in [5, 5.41) is 14.3. The third kappa shape index (κ3) is 2.60. The van der Waals surface area contributed by atoms with Crippen LogP contribution < -0.4 is 0 Å². The zero-order chi connectivity index (χ0) is 14.8. The zero-order valence-corrected chi connectivity index (χ0v) is 12.2. The minimum atomic E-state index is -0.0184. The van der Waals surface area contributed by atoms with E-state index < -0.39 is 0 Å². The van der Waals surface area contributed by atoms with Gasteiger partial charge in [0, 0.05) is 17.3 Å². The van der Waals surface area contributed by atoms with Crippen molar-refractivity contribution in [3.05, 3.63) is 71.4 Å². The maximum absolute atomic E-state index is 9.63. The molecule has 0 radical (unpaired) electrons. The zero-order valence-electron chi connectivity index (χ0n) is 12.2. The lowest BCUT2D eigenvalue weighted by atomic mass is 10.0. The van der Waals surface area contributed by atoms with E-state index in [0.717, 1.165) is 22.5 Å². The lowest BCUT2D eigenvalue weighted by molar-refractivity contribution is 0.282. The van der Waals surface area contributed by atoms with E-state index in [0.29, 0.717) is 0 Å². The molecule has 1 N–H and O–H groups in total. The van der Waals surface area contributed by atoms with E-state index in [1.54, 1.807) is 0 Å². The Hall–Kier alpha value is -2.39. The summed E-state index contributed by atoms with van der Waals surface area (Å²) < 4.78 is 1.82. The van der Waals surface area contributed by atoms with E-state index in [-0.39, 0.29) is 6.61 Å². The van der Waals surface area contributed by atoms with Gasteiger partial charge in [-0.1, -0.05) is 42.0 Å². The van der Waals surface area contributed by atoms with Gasteiger partial charge in [-0.3, -0.25) is 0 Å². The summed E-state index contributed by atoms with van der Waals surface area (Å²) in [6.45, 7) is 4.13. The Balaban J connectivity index is 2.12. The van der Waals surface area contributed by atoms with Crippen LogP contribution in [0.25, 0.3) is 16.9 Å². The van der Waals surface area contributed by atoms with Crippen LogP contribution in [-0.4, -0.2) is 14.9 Å². The van der Waals surface area contributed by atoms with Gasteiger partial charge in [-0.15, -0.1) is 0 Å². The first kappa shape index (κ1) is 13.6. The highest BCUT2D eigenvalue weighted by Crippen LogP contribution is 2.27. The molecule has 0 fully saturated rings. The number of rotatable bonds is 3. The Labute approximate surface area is 124 Å². The van der Waals surface area contributed by atoms with Crippen LogP contribution in [0.15, 0.2) is 54.7 Å². The third-order valence-electron chi connectivity index (χ3n) is 3.62. The van der Waals surface area contributed by atoms with Gasteiger partial charge >= 0.3 is 0 Å². The van der Waals surface area contributed by atoms with Crippen molar-refractivity contribution in [1.29, 1.82) is 0 Å². The number of hydrogen-bond donors (Lipinski definition) is 1. The maximum Gasteiger partial charge on any atom is 0.0985 e. The third-order valence-corrected chi connectivity index (χ3v) is 3.62. The molecule has 0 aliphatic carbocycles. The molecule has 3 aromatic rings. The van der Waals surface area contributed by atoms with Crippen molar-refractivity contribution in [3.8, 4) is 16.9 Å². The number of aliphatic hydroxyl groups is 1. The van der Waals surface area contributed by atoms with Crippen molar-refractivity contribution in [3.63, 3.8) is 0 Å². The summed E-state index contributed by atoms with van der Waals surface area (Å²) >= 11 is 0. The molecular weight excluding hydrogens is 260 g/mol. The Morgan fingerprint density at radius 1 is 1.05 bits per heavy atom. The summed E-state index contributed by atoms with van der Waals surface area (Å²) in [7, 11) is 0. The van der Waals surface area contributed by atoms with Crippen molar-refractivity contribution < 1.29 is 5.11 Å². The second-order valence-corrected chi connectivity index (χ2v) is 5.26. The minimum absolute atomic E-state index is 0.0184. The average Bonchev–Trinajstić information content (AvgIpc) is 2.92. The van der Waals surface area contributed by atoms with Crippen LogP contribution >= 0.6 is 0 Å². The summed E-state index contributed by atoms with van der Waals surface area (Å²) in [6, 6.07) is 16.2. The second-order valence-electron chi connectivity index (χ2n) is 5.26. The molecule has 1 heterocycles. The molecular formula is C18H18N2O. The molecule has 1 aromatic heterocycles. The van der Waals surface area contributed by atoms with E-state index in [1.807, 2.05) is 41.2 Å². The first-order chi connectivity index (χ1) is 10.2. The molecule has 0 bridgehead atoms. The standard InChI is InChI=1S/C18H18N2O/c1-13-8-9-17(14(2)10-13)18-15(12-21)11-20(19-18)16-6-4-3-5-7-16/h3-11,21H,12H2,1-2H3. The van der Waals surface area contributed by atoms with Crippen molar-refractivity contribution in [2.75, 3.05) is 0 Å². The van der Waals surface area contributed by atoms with Crippen molar-refractivity contribution in [2.45, 2.75) is 20.5 Å². The molecule has 3 heteroatoms. The van der Waals surface area contributed by atoms with Crippen molar-refractivity contribution in [2.24, 2.45) is 0 Å². The fourth-order valence-corrected chi connectivity index (χ4v) is 2.54. The predicted octanol–water partition coefficient (Wildman–Crippen LogP) is 3.65. The number of aliphatic hydroxyl groups excluding tert-OH is 1. The highest BCUT2D eigenvalue weighted by molar-refractivity contribution is 5.67. The highest BCUT2D eigenvalue weighted by atomic mass is 16.3. The topological polar surface area (TPSA) is 38.0 Å². The van der Waals surface area contributed by atoms with E-state index >= 15 is 0 Å². The van der Waals surface area contributed by atoms with Crippen molar-refractivity contribution in [1.82, 2.24) is 9.78 Å². The lowest BCUT2D eigenvalue weighted by Crippen LogP contribution is -1.94. The molecule has 0 saturated heterocycles. The van der Waals surface area contributed by atoms with E-state index in [9.17, 15) is 5.11 Å². The Kier molecular flexibility index (Phi) is 3.59. The molecule has 3 nitrogen and oxygen atoms in total. The Morgan fingerprint density at radius 2 is 1.81 bits per heavy atom. The largest absolute Gasteiger partial charge is 0.392 e. The molecule has 21 heavy (non-hydrogen) atoms. The van der Waals surface area contributed by atoms with E-state index in [1.165, 1.54) is 11.1 Å². The van der Waals surface area contributed by atoms with Crippen LogP contribution in [0.2, 0.25) is 0 Å². The molecule has 0 aliphatic rings. The molecule has 0 atom stereocenters. The molecule has 2 aromatic carbocycles. The van der Waals surface area contributed by atoms with Crippen molar-refractivity contribution >= 4 is 0 Å². The summed E-state index contributed by atoms with van der Waals surface area (Å²) in [6.07, 6.45) is 1.89. The first-order valence-corrected chi connectivity index (χ1v) is 7.01. The molecule has 3 rings (SSSR count). The van der Waals surface area contributed by atoms with Gasteiger partial charge in [-0.05, 0) is 31.5 Å². The Bertz CT molecular complexity index is 760. The fourth-order valence-electron chi connectivity index (χ4n) is 2.54.